The van der Waals surface area contributed by atoms with Crippen molar-refractivity contribution in [2.75, 3.05) is 7.11 Å². The molecule has 0 saturated heterocycles. The first-order chi connectivity index (χ1) is 10.2. The van der Waals surface area contributed by atoms with Crippen LogP contribution in [0.1, 0.15) is 17.2 Å². The summed E-state index contributed by atoms with van der Waals surface area (Å²) in [5.74, 6) is 0.772. The molecule has 0 amide bonds. The fraction of sp³-hybridized carbons (Fsp3) is 0.200. The first-order valence-electron chi connectivity index (χ1n) is 6.47. The van der Waals surface area contributed by atoms with Gasteiger partial charge in [-0.25, -0.2) is 4.52 Å². The van der Waals surface area contributed by atoms with Crippen LogP contribution in [-0.2, 0) is 6.42 Å². The topological polar surface area (TPSA) is 59.7 Å². The summed E-state index contributed by atoms with van der Waals surface area (Å²) in [5, 5.41) is 14.7. The molecule has 1 N–H and O–H groups in total. The number of halogens is 1. The van der Waals surface area contributed by atoms with Gasteiger partial charge in [-0.05, 0) is 33.6 Å². The molecule has 6 heteroatoms. The SMILES string of the molecule is COc1ccc(CC(O)c2cnn3ccncc23)cc1Br. The van der Waals surface area contributed by atoms with Gasteiger partial charge in [-0.2, -0.15) is 5.10 Å². The van der Waals surface area contributed by atoms with E-state index in [2.05, 4.69) is 26.0 Å². The molecule has 0 spiro atoms. The van der Waals surface area contributed by atoms with E-state index >= 15 is 0 Å². The molecule has 2 aromatic heterocycles. The molecule has 108 valence electrons. The summed E-state index contributed by atoms with van der Waals surface area (Å²) >= 11 is 3.45. The standard InChI is InChI=1S/C15H14BrN3O2/c1-21-15-3-2-10(6-12(15)16)7-14(20)11-8-18-19-5-4-17-9-13(11)19/h2-6,8-9,14,20H,7H2,1H3. The van der Waals surface area contributed by atoms with Crippen LogP contribution in [0.3, 0.4) is 0 Å². The van der Waals surface area contributed by atoms with Crippen molar-refractivity contribution >= 4 is 21.4 Å². The van der Waals surface area contributed by atoms with E-state index in [1.165, 1.54) is 0 Å². The Labute approximate surface area is 130 Å². The molecule has 3 rings (SSSR count). The number of aliphatic hydroxyl groups excluding tert-OH is 1. The molecule has 5 nitrogen and oxygen atoms in total. The average Bonchev–Trinajstić information content (AvgIpc) is 2.91. The highest BCUT2D eigenvalue weighted by atomic mass is 79.9. The van der Waals surface area contributed by atoms with E-state index in [9.17, 15) is 5.11 Å². The number of hydrogen-bond acceptors (Lipinski definition) is 4. The van der Waals surface area contributed by atoms with Gasteiger partial charge < -0.3 is 9.84 Å². The maximum absolute atomic E-state index is 10.5. The molecule has 21 heavy (non-hydrogen) atoms. The number of fused-ring (bicyclic) bond motifs is 1. The van der Waals surface area contributed by atoms with Gasteiger partial charge >= 0.3 is 0 Å². The van der Waals surface area contributed by atoms with Crippen molar-refractivity contribution in [3.8, 4) is 5.75 Å². The van der Waals surface area contributed by atoms with Gasteiger partial charge in [0.1, 0.15) is 5.75 Å². The Morgan fingerprint density at radius 3 is 3.00 bits per heavy atom. The van der Waals surface area contributed by atoms with Crippen molar-refractivity contribution in [1.29, 1.82) is 0 Å². The minimum atomic E-state index is -0.632. The number of nitrogens with zero attached hydrogens (tertiary/aromatic N) is 3. The number of rotatable bonds is 4. The fourth-order valence-corrected chi connectivity index (χ4v) is 2.87. The zero-order valence-electron chi connectivity index (χ0n) is 11.4. The van der Waals surface area contributed by atoms with Crippen LogP contribution >= 0.6 is 15.9 Å². The lowest BCUT2D eigenvalue weighted by Crippen LogP contribution is -2.02. The molecular weight excluding hydrogens is 334 g/mol. The number of aliphatic hydroxyl groups is 1. The maximum atomic E-state index is 10.5. The molecule has 3 aromatic rings. The van der Waals surface area contributed by atoms with E-state index < -0.39 is 6.10 Å². The Bertz CT molecular complexity index is 772. The molecule has 0 saturated carbocycles. The predicted molar refractivity (Wildman–Crippen MR) is 82.3 cm³/mol. The van der Waals surface area contributed by atoms with Crippen molar-refractivity contribution in [3.05, 3.63) is 58.6 Å². The van der Waals surface area contributed by atoms with E-state index in [1.54, 1.807) is 36.4 Å². The Hall–Kier alpha value is -1.92. The number of hydrogen-bond donors (Lipinski definition) is 1. The van der Waals surface area contributed by atoms with E-state index in [4.69, 9.17) is 4.74 Å². The van der Waals surface area contributed by atoms with Gasteiger partial charge in [-0.3, -0.25) is 4.98 Å². The van der Waals surface area contributed by atoms with Gasteiger partial charge in [0.2, 0.25) is 0 Å². The van der Waals surface area contributed by atoms with Gasteiger partial charge in [0, 0.05) is 24.4 Å². The molecule has 0 bridgehead atoms. The minimum Gasteiger partial charge on any atom is -0.496 e. The second kappa shape index (κ2) is 5.83. The fourth-order valence-electron chi connectivity index (χ4n) is 2.28. The number of ether oxygens (including phenoxy) is 1. The average molecular weight is 348 g/mol. The molecule has 1 atom stereocenters. The highest BCUT2D eigenvalue weighted by Crippen LogP contribution is 2.28. The van der Waals surface area contributed by atoms with E-state index in [0.717, 1.165) is 26.9 Å². The van der Waals surface area contributed by atoms with Crippen LogP contribution in [0.25, 0.3) is 5.52 Å². The Kier molecular flexibility index (Phi) is 3.90. The van der Waals surface area contributed by atoms with Crippen LogP contribution < -0.4 is 4.74 Å². The largest absolute Gasteiger partial charge is 0.496 e. The summed E-state index contributed by atoms with van der Waals surface area (Å²) < 4.78 is 7.78. The second-order valence-corrected chi connectivity index (χ2v) is 5.55. The van der Waals surface area contributed by atoms with Crippen molar-refractivity contribution in [1.82, 2.24) is 14.6 Å². The van der Waals surface area contributed by atoms with Crippen LogP contribution in [0.4, 0.5) is 0 Å². The Balaban J connectivity index is 1.86. The first-order valence-corrected chi connectivity index (χ1v) is 7.26. The molecule has 2 heterocycles. The maximum Gasteiger partial charge on any atom is 0.133 e. The van der Waals surface area contributed by atoms with Gasteiger partial charge in [0.25, 0.3) is 0 Å². The smallest absolute Gasteiger partial charge is 0.133 e. The monoisotopic (exact) mass is 347 g/mol. The summed E-state index contributed by atoms with van der Waals surface area (Å²) in [4.78, 5) is 4.08. The molecule has 0 aliphatic rings. The highest BCUT2D eigenvalue weighted by Gasteiger charge is 2.15. The summed E-state index contributed by atoms with van der Waals surface area (Å²) in [6, 6.07) is 5.77. The minimum absolute atomic E-state index is 0.499. The lowest BCUT2D eigenvalue weighted by molar-refractivity contribution is 0.180. The zero-order valence-corrected chi connectivity index (χ0v) is 13.0. The summed E-state index contributed by atoms with van der Waals surface area (Å²) in [5.41, 5.74) is 2.60. The molecule has 0 fully saturated rings. The Morgan fingerprint density at radius 1 is 1.38 bits per heavy atom. The van der Waals surface area contributed by atoms with Crippen LogP contribution in [-0.4, -0.2) is 26.8 Å². The van der Waals surface area contributed by atoms with E-state index in [-0.39, 0.29) is 0 Å². The molecule has 0 radical (unpaired) electrons. The number of benzene rings is 1. The second-order valence-electron chi connectivity index (χ2n) is 4.69. The molecule has 1 aromatic carbocycles. The highest BCUT2D eigenvalue weighted by molar-refractivity contribution is 9.10. The van der Waals surface area contributed by atoms with Crippen LogP contribution in [0.2, 0.25) is 0 Å². The quantitative estimate of drug-likeness (QED) is 0.788. The van der Waals surface area contributed by atoms with Crippen molar-refractivity contribution < 1.29 is 9.84 Å². The molecular formula is C15H14BrN3O2. The third-order valence-corrected chi connectivity index (χ3v) is 3.98. The van der Waals surface area contributed by atoms with Gasteiger partial charge in [0.15, 0.2) is 0 Å². The zero-order chi connectivity index (χ0) is 14.8. The summed E-state index contributed by atoms with van der Waals surface area (Å²) in [6.07, 6.45) is 6.67. The van der Waals surface area contributed by atoms with Gasteiger partial charge in [0.05, 0.1) is 35.6 Å². The number of aromatic nitrogens is 3. The van der Waals surface area contributed by atoms with E-state index in [0.29, 0.717) is 6.42 Å². The Morgan fingerprint density at radius 2 is 2.24 bits per heavy atom. The van der Waals surface area contributed by atoms with Crippen molar-refractivity contribution in [2.45, 2.75) is 12.5 Å². The van der Waals surface area contributed by atoms with Gasteiger partial charge in [-0.1, -0.05) is 6.07 Å². The van der Waals surface area contributed by atoms with Crippen LogP contribution in [0.5, 0.6) is 5.75 Å². The molecule has 1 unspecified atom stereocenters. The first kappa shape index (κ1) is 14.0. The summed E-state index contributed by atoms with van der Waals surface area (Å²) in [6.45, 7) is 0. The molecule has 0 aliphatic heterocycles. The molecule has 0 aliphatic carbocycles. The van der Waals surface area contributed by atoms with Crippen LogP contribution in [0.15, 0.2) is 47.5 Å². The van der Waals surface area contributed by atoms with Gasteiger partial charge in [-0.15, -0.1) is 0 Å². The van der Waals surface area contributed by atoms with Crippen LogP contribution in [0, 0.1) is 0 Å². The van der Waals surface area contributed by atoms with Crippen molar-refractivity contribution in [3.63, 3.8) is 0 Å². The lowest BCUT2D eigenvalue weighted by Gasteiger charge is -2.11. The summed E-state index contributed by atoms with van der Waals surface area (Å²) in [7, 11) is 1.63. The third kappa shape index (κ3) is 2.77. The normalized spacial score (nSPS) is 12.5. The third-order valence-electron chi connectivity index (χ3n) is 3.36. The van der Waals surface area contributed by atoms with E-state index in [1.807, 2.05) is 18.2 Å². The van der Waals surface area contributed by atoms with Crippen molar-refractivity contribution in [2.24, 2.45) is 0 Å². The predicted octanol–water partition coefficient (Wildman–Crippen LogP) is 2.78. The number of methoxy groups -OCH3 is 1. The lowest BCUT2D eigenvalue weighted by atomic mass is 10.0.